The third-order valence-corrected chi connectivity index (χ3v) is 1.70. The lowest BCUT2D eigenvalue weighted by Gasteiger charge is -2.17. The third-order valence-electron chi connectivity index (χ3n) is 1.70. The molecule has 0 amide bonds. The van der Waals surface area contributed by atoms with Gasteiger partial charge < -0.3 is 5.11 Å². The largest absolute Gasteiger partial charge is 0.360 e. The molecule has 3 nitrogen and oxygen atoms in total. The molecule has 1 aliphatic rings. The summed E-state index contributed by atoms with van der Waals surface area (Å²) in [6.45, 7) is 8.74. The van der Waals surface area contributed by atoms with Gasteiger partial charge in [0.2, 0.25) is 5.79 Å². The van der Waals surface area contributed by atoms with Gasteiger partial charge in [0.25, 0.3) is 0 Å². The molecule has 0 aromatic rings. The van der Waals surface area contributed by atoms with Crippen molar-refractivity contribution in [1.82, 2.24) is 0 Å². The van der Waals surface area contributed by atoms with Crippen LogP contribution >= 0.6 is 0 Å². The van der Waals surface area contributed by atoms with Crippen molar-refractivity contribution in [3.05, 3.63) is 12.2 Å². The van der Waals surface area contributed by atoms with Gasteiger partial charge in [0, 0.05) is 5.57 Å². The van der Waals surface area contributed by atoms with Gasteiger partial charge in [-0.05, 0) is 20.8 Å². The summed E-state index contributed by atoms with van der Waals surface area (Å²) >= 11 is 0. The first kappa shape index (κ1) is 7.72. The molecular formula is C7H12O3. The van der Waals surface area contributed by atoms with Crippen molar-refractivity contribution in [2.45, 2.75) is 32.2 Å². The lowest BCUT2D eigenvalue weighted by atomic mass is 9.94. The lowest BCUT2D eigenvalue weighted by molar-refractivity contribution is -0.383. The zero-order valence-electron chi connectivity index (χ0n) is 6.47. The molecule has 0 aromatic carbocycles. The Bertz CT molecular complexity index is 152. The fourth-order valence-corrected chi connectivity index (χ4v) is 0.844. The Morgan fingerprint density at radius 1 is 1.30 bits per heavy atom. The summed E-state index contributed by atoms with van der Waals surface area (Å²) < 4.78 is 0. The Morgan fingerprint density at radius 2 is 1.80 bits per heavy atom. The number of hydrogen-bond donors (Lipinski definition) is 1. The van der Waals surface area contributed by atoms with Crippen molar-refractivity contribution in [1.29, 1.82) is 0 Å². The van der Waals surface area contributed by atoms with Crippen LogP contribution in [0.5, 0.6) is 0 Å². The van der Waals surface area contributed by atoms with Crippen LogP contribution in [-0.2, 0) is 9.78 Å². The first-order valence-corrected chi connectivity index (χ1v) is 3.15. The van der Waals surface area contributed by atoms with Gasteiger partial charge in [0.1, 0.15) is 5.60 Å². The number of rotatable bonds is 0. The second-order valence-corrected chi connectivity index (χ2v) is 3.14. The summed E-state index contributed by atoms with van der Waals surface area (Å²) in [6.07, 6.45) is 0. The average Bonchev–Trinajstić information content (AvgIpc) is 1.95. The van der Waals surface area contributed by atoms with Gasteiger partial charge in [0.05, 0.1) is 0 Å². The Kier molecular flexibility index (Phi) is 1.40. The molecule has 0 radical (unpaired) electrons. The van der Waals surface area contributed by atoms with E-state index in [1.807, 2.05) is 0 Å². The Hall–Kier alpha value is -0.380. The van der Waals surface area contributed by atoms with Crippen molar-refractivity contribution in [3.8, 4) is 0 Å². The quantitative estimate of drug-likeness (QED) is 0.407. The highest BCUT2D eigenvalue weighted by atomic mass is 17.2. The van der Waals surface area contributed by atoms with Gasteiger partial charge in [-0.1, -0.05) is 6.58 Å². The topological polar surface area (TPSA) is 38.7 Å². The Labute approximate surface area is 60.2 Å². The maximum Gasteiger partial charge on any atom is 0.221 e. The van der Waals surface area contributed by atoms with Gasteiger partial charge in [-0.3, -0.25) is 0 Å². The first-order chi connectivity index (χ1) is 4.36. The fraction of sp³-hybridized carbons (Fsp3) is 0.714. The molecule has 1 unspecified atom stereocenters. The van der Waals surface area contributed by atoms with E-state index in [1.165, 1.54) is 6.92 Å². The molecule has 10 heavy (non-hydrogen) atoms. The second kappa shape index (κ2) is 1.81. The van der Waals surface area contributed by atoms with E-state index in [2.05, 4.69) is 11.5 Å². The van der Waals surface area contributed by atoms with Crippen LogP contribution in [0.4, 0.5) is 0 Å². The van der Waals surface area contributed by atoms with Crippen LogP contribution in [0, 0.1) is 0 Å². The minimum absolute atomic E-state index is 0.542. The molecule has 0 bridgehead atoms. The van der Waals surface area contributed by atoms with Crippen LogP contribution in [-0.4, -0.2) is 16.5 Å². The van der Waals surface area contributed by atoms with E-state index in [4.69, 9.17) is 4.89 Å². The molecule has 0 aliphatic carbocycles. The van der Waals surface area contributed by atoms with E-state index in [0.717, 1.165) is 0 Å². The molecule has 3 heteroatoms. The predicted molar refractivity (Wildman–Crippen MR) is 36.0 cm³/mol. The van der Waals surface area contributed by atoms with Crippen molar-refractivity contribution in [3.63, 3.8) is 0 Å². The number of aliphatic hydroxyl groups is 1. The van der Waals surface area contributed by atoms with Crippen molar-refractivity contribution in [2.24, 2.45) is 0 Å². The molecule has 1 atom stereocenters. The molecule has 1 fully saturated rings. The standard InChI is InChI=1S/C7H12O3/c1-5-6(2,3)9-10-7(5,4)8/h8H,1H2,2-4H3. The smallest absolute Gasteiger partial charge is 0.221 e. The van der Waals surface area contributed by atoms with Gasteiger partial charge in [-0.2, -0.15) is 4.89 Å². The van der Waals surface area contributed by atoms with Crippen LogP contribution < -0.4 is 0 Å². The summed E-state index contributed by atoms with van der Waals surface area (Å²) in [4.78, 5) is 9.44. The second-order valence-electron chi connectivity index (χ2n) is 3.14. The highest BCUT2D eigenvalue weighted by molar-refractivity contribution is 5.19. The van der Waals surface area contributed by atoms with Crippen LogP contribution in [0.3, 0.4) is 0 Å². The maximum atomic E-state index is 9.35. The van der Waals surface area contributed by atoms with Gasteiger partial charge >= 0.3 is 0 Å². The van der Waals surface area contributed by atoms with E-state index in [-0.39, 0.29) is 0 Å². The molecule has 0 spiro atoms. The van der Waals surface area contributed by atoms with Gasteiger partial charge in [0.15, 0.2) is 0 Å². The molecule has 0 saturated carbocycles. The van der Waals surface area contributed by atoms with E-state index in [9.17, 15) is 5.11 Å². The average molecular weight is 144 g/mol. The van der Waals surface area contributed by atoms with Gasteiger partial charge in [-0.25, -0.2) is 4.89 Å². The Balaban J connectivity index is 2.88. The maximum absolute atomic E-state index is 9.35. The molecule has 1 N–H and O–H groups in total. The monoisotopic (exact) mass is 144 g/mol. The summed E-state index contributed by atoms with van der Waals surface area (Å²) in [5.41, 5.74) is -0.0382. The zero-order chi connectivity index (χ0) is 7.99. The summed E-state index contributed by atoms with van der Waals surface area (Å²) in [6, 6.07) is 0. The zero-order valence-corrected chi connectivity index (χ0v) is 6.47. The van der Waals surface area contributed by atoms with Crippen LogP contribution in [0.15, 0.2) is 12.2 Å². The molecule has 1 heterocycles. The van der Waals surface area contributed by atoms with Crippen LogP contribution in [0.25, 0.3) is 0 Å². The van der Waals surface area contributed by atoms with E-state index in [0.29, 0.717) is 5.57 Å². The van der Waals surface area contributed by atoms with E-state index in [1.54, 1.807) is 13.8 Å². The van der Waals surface area contributed by atoms with Crippen LogP contribution in [0.2, 0.25) is 0 Å². The minimum Gasteiger partial charge on any atom is -0.360 e. The highest BCUT2D eigenvalue weighted by Gasteiger charge is 2.46. The molecule has 1 aliphatic heterocycles. The first-order valence-electron chi connectivity index (χ1n) is 3.15. The van der Waals surface area contributed by atoms with Crippen molar-refractivity contribution >= 4 is 0 Å². The summed E-state index contributed by atoms with van der Waals surface area (Å²) in [7, 11) is 0. The molecule has 58 valence electrons. The third kappa shape index (κ3) is 0.963. The fourth-order valence-electron chi connectivity index (χ4n) is 0.844. The van der Waals surface area contributed by atoms with Crippen molar-refractivity contribution in [2.75, 3.05) is 0 Å². The molecule has 1 saturated heterocycles. The van der Waals surface area contributed by atoms with E-state index < -0.39 is 11.4 Å². The van der Waals surface area contributed by atoms with Crippen molar-refractivity contribution < 1.29 is 14.9 Å². The molecule has 1 rings (SSSR count). The highest BCUT2D eigenvalue weighted by Crippen LogP contribution is 2.37. The lowest BCUT2D eigenvalue weighted by Crippen LogP contribution is -2.28. The SMILES string of the molecule is C=C1C(C)(C)OOC1(C)O. The molecule has 0 aromatic heterocycles. The summed E-state index contributed by atoms with van der Waals surface area (Å²) in [5.74, 6) is -1.33. The normalized spacial score (nSPS) is 38.6. The van der Waals surface area contributed by atoms with Gasteiger partial charge in [-0.15, -0.1) is 0 Å². The minimum atomic E-state index is -1.33. The number of hydrogen-bond acceptors (Lipinski definition) is 3. The van der Waals surface area contributed by atoms with E-state index >= 15 is 0 Å². The predicted octanol–water partition coefficient (Wildman–Crippen LogP) is 0.991. The van der Waals surface area contributed by atoms with Crippen LogP contribution in [0.1, 0.15) is 20.8 Å². The summed E-state index contributed by atoms with van der Waals surface area (Å²) in [5, 5.41) is 9.35. The molecular weight excluding hydrogens is 132 g/mol. The Morgan fingerprint density at radius 3 is 1.90 bits per heavy atom.